The Balaban J connectivity index is 2.08. The molecule has 0 spiro atoms. The lowest BCUT2D eigenvalue weighted by Gasteiger charge is -2.13. The van der Waals surface area contributed by atoms with Crippen LogP contribution in [0.3, 0.4) is 0 Å². The van der Waals surface area contributed by atoms with Crippen molar-refractivity contribution in [2.24, 2.45) is 0 Å². The number of nitrogens with one attached hydrogen (secondary N) is 1. The standard InChI is InChI=1S/C19H22N2O6S/c1-4-14(5-2)27-19(23)17-11-6-13(12-20-17)18(22)21-28(24,25)16-9-7-15(26-3)8-10-16/h6-12,14H,4-5H2,1-3H3,(H,21,22). The van der Waals surface area contributed by atoms with Gasteiger partial charge in [0.15, 0.2) is 0 Å². The highest BCUT2D eigenvalue weighted by atomic mass is 32.2. The number of aromatic nitrogens is 1. The molecule has 0 radical (unpaired) electrons. The minimum absolute atomic E-state index is 0.00355. The van der Waals surface area contributed by atoms with Crippen LogP contribution in [-0.2, 0) is 14.8 Å². The van der Waals surface area contributed by atoms with Gasteiger partial charge in [-0.15, -0.1) is 0 Å². The van der Waals surface area contributed by atoms with Crippen LogP contribution in [0, 0.1) is 0 Å². The highest BCUT2D eigenvalue weighted by Crippen LogP contribution is 2.16. The van der Waals surface area contributed by atoms with E-state index < -0.39 is 21.9 Å². The van der Waals surface area contributed by atoms with Crippen molar-refractivity contribution < 1.29 is 27.5 Å². The third kappa shape index (κ3) is 5.29. The summed E-state index contributed by atoms with van der Waals surface area (Å²) in [6.45, 7) is 3.82. The minimum atomic E-state index is -4.06. The fraction of sp³-hybridized carbons (Fsp3) is 0.316. The Morgan fingerprint density at radius 3 is 2.21 bits per heavy atom. The van der Waals surface area contributed by atoms with Gasteiger partial charge in [-0.25, -0.2) is 22.9 Å². The first-order chi connectivity index (χ1) is 13.3. The molecule has 0 aliphatic rings. The number of hydrogen-bond acceptors (Lipinski definition) is 7. The number of carbonyl (C=O) groups is 2. The Hall–Kier alpha value is -2.94. The van der Waals surface area contributed by atoms with Crippen LogP contribution < -0.4 is 9.46 Å². The van der Waals surface area contributed by atoms with Crippen molar-refractivity contribution in [2.45, 2.75) is 37.7 Å². The van der Waals surface area contributed by atoms with Crippen molar-refractivity contribution in [3.8, 4) is 5.75 Å². The number of ether oxygens (including phenoxy) is 2. The van der Waals surface area contributed by atoms with Crippen LogP contribution in [0.15, 0.2) is 47.5 Å². The second-order valence-corrected chi connectivity index (χ2v) is 7.57. The van der Waals surface area contributed by atoms with Gasteiger partial charge in [-0.05, 0) is 49.2 Å². The maximum atomic E-state index is 12.3. The predicted molar refractivity (Wildman–Crippen MR) is 102 cm³/mol. The van der Waals surface area contributed by atoms with E-state index in [0.717, 1.165) is 6.20 Å². The molecule has 2 aromatic rings. The van der Waals surface area contributed by atoms with E-state index in [4.69, 9.17) is 9.47 Å². The summed E-state index contributed by atoms with van der Waals surface area (Å²) in [5, 5.41) is 0. The zero-order valence-corrected chi connectivity index (χ0v) is 16.7. The van der Waals surface area contributed by atoms with Gasteiger partial charge in [0.1, 0.15) is 17.5 Å². The number of methoxy groups -OCH3 is 1. The molecule has 9 heteroatoms. The number of amides is 1. The Morgan fingerprint density at radius 2 is 1.71 bits per heavy atom. The molecule has 1 heterocycles. The lowest BCUT2D eigenvalue weighted by Crippen LogP contribution is -2.30. The molecule has 8 nitrogen and oxygen atoms in total. The van der Waals surface area contributed by atoms with Gasteiger partial charge < -0.3 is 9.47 Å². The molecule has 0 bridgehead atoms. The average Bonchev–Trinajstić information content (AvgIpc) is 2.71. The van der Waals surface area contributed by atoms with Gasteiger partial charge in [0.2, 0.25) is 0 Å². The molecular formula is C19H22N2O6S. The van der Waals surface area contributed by atoms with E-state index in [1.54, 1.807) is 0 Å². The number of hydrogen-bond donors (Lipinski definition) is 1. The van der Waals surface area contributed by atoms with Crippen LogP contribution in [0.2, 0.25) is 0 Å². The third-order valence-corrected chi connectivity index (χ3v) is 5.36. The smallest absolute Gasteiger partial charge is 0.357 e. The molecule has 150 valence electrons. The number of pyridine rings is 1. The fourth-order valence-electron chi connectivity index (χ4n) is 2.31. The zero-order chi connectivity index (χ0) is 20.7. The number of esters is 1. The van der Waals surface area contributed by atoms with E-state index in [1.165, 1.54) is 43.5 Å². The Labute approximate surface area is 163 Å². The molecule has 0 saturated heterocycles. The van der Waals surface area contributed by atoms with E-state index in [9.17, 15) is 18.0 Å². The van der Waals surface area contributed by atoms with Crippen LogP contribution in [0.4, 0.5) is 0 Å². The summed E-state index contributed by atoms with van der Waals surface area (Å²) in [4.78, 5) is 28.1. The SMILES string of the molecule is CCC(CC)OC(=O)c1ccc(C(=O)NS(=O)(=O)c2ccc(OC)cc2)cn1. The van der Waals surface area contributed by atoms with E-state index in [1.807, 2.05) is 18.6 Å². The number of rotatable bonds is 8. The number of carbonyl (C=O) groups excluding carboxylic acids is 2. The number of nitrogens with zero attached hydrogens (tertiary/aromatic N) is 1. The second-order valence-electron chi connectivity index (χ2n) is 5.89. The lowest BCUT2D eigenvalue weighted by atomic mass is 10.2. The van der Waals surface area contributed by atoms with Crippen molar-refractivity contribution >= 4 is 21.9 Å². The highest BCUT2D eigenvalue weighted by molar-refractivity contribution is 7.90. The minimum Gasteiger partial charge on any atom is -0.497 e. The topological polar surface area (TPSA) is 112 Å². The van der Waals surface area contributed by atoms with Crippen molar-refractivity contribution in [3.63, 3.8) is 0 Å². The van der Waals surface area contributed by atoms with Crippen molar-refractivity contribution in [3.05, 3.63) is 53.9 Å². The average molecular weight is 406 g/mol. The molecule has 1 aromatic carbocycles. The van der Waals surface area contributed by atoms with E-state index in [0.29, 0.717) is 18.6 Å². The molecule has 1 aromatic heterocycles. The highest BCUT2D eigenvalue weighted by Gasteiger charge is 2.20. The maximum Gasteiger partial charge on any atom is 0.357 e. The summed E-state index contributed by atoms with van der Waals surface area (Å²) in [6, 6.07) is 8.23. The molecule has 0 atom stereocenters. The van der Waals surface area contributed by atoms with Gasteiger partial charge in [0, 0.05) is 6.20 Å². The summed E-state index contributed by atoms with van der Waals surface area (Å²) in [5.41, 5.74) is 0.0395. The quantitative estimate of drug-likeness (QED) is 0.671. The number of benzene rings is 1. The fourth-order valence-corrected chi connectivity index (χ4v) is 3.28. The van der Waals surface area contributed by atoms with Gasteiger partial charge in [-0.3, -0.25) is 4.79 Å². The largest absolute Gasteiger partial charge is 0.497 e. The van der Waals surface area contributed by atoms with Gasteiger partial charge >= 0.3 is 5.97 Å². The molecule has 0 aliphatic carbocycles. The van der Waals surface area contributed by atoms with Crippen LogP contribution in [-0.4, -0.2) is 38.5 Å². The van der Waals surface area contributed by atoms with E-state index in [-0.39, 0.29) is 22.3 Å². The van der Waals surface area contributed by atoms with E-state index >= 15 is 0 Å². The third-order valence-electron chi connectivity index (χ3n) is 4.02. The number of sulfonamides is 1. The van der Waals surface area contributed by atoms with Crippen molar-refractivity contribution in [1.82, 2.24) is 9.71 Å². The van der Waals surface area contributed by atoms with Gasteiger partial charge in [-0.2, -0.15) is 0 Å². The Bertz CT molecular complexity index is 920. The molecule has 28 heavy (non-hydrogen) atoms. The second kappa shape index (κ2) is 9.32. The lowest BCUT2D eigenvalue weighted by molar-refractivity contribution is 0.0277. The van der Waals surface area contributed by atoms with E-state index in [2.05, 4.69) is 4.98 Å². The monoisotopic (exact) mass is 406 g/mol. The molecule has 0 aliphatic heterocycles. The maximum absolute atomic E-state index is 12.3. The summed E-state index contributed by atoms with van der Waals surface area (Å²) >= 11 is 0. The predicted octanol–water partition coefficient (Wildman–Crippen LogP) is 2.55. The van der Waals surface area contributed by atoms with Crippen LogP contribution >= 0.6 is 0 Å². The normalized spacial score (nSPS) is 11.1. The Kier molecular flexibility index (Phi) is 7.11. The summed E-state index contributed by atoms with van der Waals surface area (Å²) < 4.78 is 36.8. The first-order valence-corrected chi connectivity index (χ1v) is 10.2. The first-order valence-electron chi connectivity index (χ1n) is 8.69. The Morgan fingerprint density at radius 1 is 1.07 bits per heavy atom. The van der Waals surface area contributed by atoms with Crippen LogP contribution in [0.1, 0.15) is 47.5 Å². The summed E-state index contributed by atoms with van der Waals surface area (Å²) in [7, 11) is -2.60. The van der Waals surface area contributed by atoms with Gasteiger partial charge in [0.05, 0.1) is 17.6 Å². The molecule has 1 N–H and O–H groups in total. The van der Waals surface area contributed by atoms with Gasteiger partial charge in [-0.1, -0.05) is 13.8 Å². The zero-order valence-electron chi connectivity index (χ0n) is 15.8. The molecule has 0 fully saturated rings. The summed E-state index contributed by atoms with van der Waals surface area (Å²) in [6.07, 6.45) is 2.30. The van der Waals surface area contributed by atoms with Crippen LogP contribution in [0.5, 0.6) is 5.75 Å². The van der Waals surface area contributed by atoms with Gasteiger partial charge in [0.25, 0.3) is 15.9 Å². The van der Waals surface area contributed by atoms with Crippen molar-refractivity contribution in [1.29, 1.82) is 0 Å². The first kappa shape index (κ1) is 21.4. The van der Waals surface area contributed by atoms with Crippen LogP contribution in [0.25, 0.3) is 0 Å². The molecule has 0 unspecified atom stereocenters. The molecular weight excluding hydrogens is 384 g/mol. The molecule has 0 saturated carbocycles. The van der Waals surface area contributed by atoms with Crippen molar-refractivity contribution in [2.75, 3.05) is 7.11 Å². The molecule has 2 rings (SSSR count). The molecule has 1 amide bonds. The summed E-state index contributed by atoms with van der Waals surface area (Å²) in [5.74, 6) is -0.958.